The molecule has 1 amide bonds. The number of hydrogen-bond donors (Lipinski definition) is 0. The molecule has 1 saturated heterocycles. The molecule has 30 heavy (non-hydrogen) atoms. The minimum absolute atomic E-state index is 0.0611. The standard InChI is InChI=1S/C23H25N3O4/c1-28-18-11-9-16(10-12-18)14-21(27)26-13-4-3-8-20(26)23-24-22(25-30-23)17-6-5-7-19(15-17)29-2/h5-7,9-12,15,20H,3-4,8,13-14H2,1-2H3. The van der Waals surface area contributed by atoms with Gasteiger partial charge in [0.1, 0.15) is 17.5 Å². The Balaban J connectivity index is 1.52. The second-order valence-electron chi connectivity index (χ2n) is 7.31. The van der Waals surface area contributed by atoms with Gasteiger partial charge in [-0.2, -0.15) is 4.98 Å². The molecule has 3 aromatic rings. The number of ether oxygens (including phenoxy) is 2. The van der Waals surface area contributed by atoms with Gasteiger partial charge in [-0.1, -0.05) is 29.4 Å². The lowest BCUT2D eigenvalue weighted by atomic mass is 10.0. The third-order valence-corrected chi connectivity index (χ3v) is 5.39. The molecule has 2 heterocycles. The van der Waals surface area contributed by atoms with E-state index in [9.17, 15) is 4.79 Å². The van der Waals surface area contributed by atoms with Crippen molar-refractivity contribution >= 4 is 5.91 Å². The van der Waals surface area contributed by atoms with Crippen LogP contribution in [0.2, 0.25) is 0 Å². The number of piperidine rings is 1. The molecule has 0 saturated carbocycles. The molecular formula is C23H25N3O4. The first-order valence-electron chi connectivity index (χ1n) is 10.1. The van der Waals surface area contributed by atoms with Crippen LogP contribution in [-0.2, 0) is 11.2 Å². The zero-order valence-corrected chi connectivity index (χ0v) is 17.2. The van der Waals surface area contributed by atoms with E-state index in [1.165, 1.54) is 0 Å². The number of amides is 1. The maximum Gasteiger partial charge on any atom is 0.249 e. The molecule has 4 rings (SSSR count). The highest BCUT2D eigenvalue weighted by atomic mass is 16.5. The van der Waals surface area contributed by atoms with Gasteiger partial charge in [-0.3, -0.25) is 4.79 Å². The average molecular weight is 407 g/mol. The number of nitrogens with zero attached hydrogens (tertiary/aromatic N) is 3. The molecule has 1 unspecified atom stereocenters. The summed E-state index contributed by atoms with van der Waals surface area (Å²) in [4.78, 5) is 19.5. The van der Waals surface area contributed by atoms with E-state index in [0.717, 1.165) is 41.9 Å². The molecule has 1 aliphatic rings. The number of carbonyl (C=O) groups is 1. The van der Waals surface area contributed by atoms with E-state index in [1.54, 1.807) is 14.2 Å². The maximum absolute atomic E-state index is 13.1. The largest absolute Gasteiger partial charge is 0.497 e. The fraction of sp³-hybridized carbons (Fsp3) is 0.348. The topological polar surface area (TPSA) is 77.7 Å². The first-order chi connectivity index (χ1) is 14.7. The molecule has 2 aromatic carbocycles. The van der Waals surface area contributed by atoms with E-state index in [-0.39, 0.29) is 11.9 Å². The normalized spacial score (nSPS) is 16.3. The zero-order valence-electron chi connectivity index (χ0n) is 17.2. The number of likely N-dealkylation sites (tertiary alicyclic amines) is 1. The lowest BCUT2D eigenvalue weighted by Gasteiger charge is -2.33. The molecule has 7 heteroatoms. The smallest absolute Gasteiger partial charge is 0.249 e. The Morgan fingerprint density at radius 1 is 1.10 bits per heavy atom. The summed E-state index contributed by atoms with van der Waals surface area (Å²) in [6, 6.07) is 14.9. The number of methoxy groups -OCH3 is 2. The van der Waals surface area contributed by atoms with Gasteiger partial charge in [0.05, 0.1) is 20.6 Å². The average Bonchev–Trinajstić information content (AvgIpc) is 3.30. The fourth-order valence-electron chi connectivity index (χ4n) is 3.76. The van der Waals surface area contributed by atoms with Crippen LogP contribution in [0.5, 0.6) is 11.5 Å². The van der Waals surface area contributed by atoms with Crippen molar-refractivity contribution < 1.29 is 18.8 Å². The van der Waals surface area contributed by atoms with Crippen molar-refractivity contribution in [3.8, 4) is 22.9 Å². The van der Waals surface area contributed by atoms with Crippen LogP contribution in [0.25, 0.3) is 11.4 Å². The predicted molar refractivity (Wildman–Crippen MR) is 111 cm³/mol. The van der Waals surface area contributed by atoms with Crippen LogP contribution in [0.3, 0.4) is 0 Å². The van der Waals surface area contributed by atoms with Crippen LogP contribution >= 0.6 is 0 Å². The Kier molecular flexibility index (Phi) is 5.97. The van der Waals surface area contributed by atoms with E-state index < -0.39 is 0 Å². The predicted octanol–water partition coefficient (Wildman–Crippen LogP) is 4.05. The molecular weight excluding hydrogens is 382 g/mol. The number of aromatic nitrogens is 2. The summed E-state index contributed by atoms with van der Waals surface area (Å²) < 4.78 is 16.0. The number of benzene rings is 2. The van der Waals surface area contributed by atoms with Gasteiger partial charge in [0, 0.05) is 12.1 Å². The van der Waals surface area contributed by atoms with Gasteiger partial charge in [0.25, 0.3) is 0 Å². The van der Waals surface area contributed by atoms with Crippen LogP contribution in [0, 0.1) is 0 Å². The third kappa shape index (κ3) is 4.30. The van der Waals surface area contributed by atoms with Crippen LogP contribution in [0.4, 0.5) is 0 Å². The molecule has 1 aliphatic heterocycles. The maximum atomic E-state index is 13.1. The SMILES string of the molecule is COc1ccc(CC(=O)N2CCCCC2c2nc(-c3cccc(OC)c3)no2)cc1. The fourth-order valence-corrected chi connectivity index (χ4v) is 3.76. The van der Waals surface area contributed by atoms with Crippen molar-refractivity contribution in [2.75, 3.05) is 20.8 Å². The van der Waals surface area contributed by atoms with Crippen molar-refractivity contribution in [2.24, 2.45) is 0 Å². The minimum Gasteiger partial charge on any atom is -0.497 e. The third-order valence-electron chi connectivity index (χ3n) is 5.39. The summed E-state index contributed by atoms with van der Waals surface area (Å²) in [5.41, 5.74) is 1.77. The molecule has 1 aromatic heterocycles. The first-order valence-corrected chi connectivity index (χ1v) is 10.1. The van der Waals surface area contributed by atoms with Crippen LogP contribution in [0.1, 0.15) is 36.8 Å². The summed E-state index contributed by atoms with van der Waals surface area (Å²) in [5.74, 6) is 2.55. The zero-order chi connectivity index (χ0) is 20.9. The van der Waals surface area contributed by atoms with E-state index in [1.807, 2.05) is 53.4 Å². The second kappa shape index (κ2) is 8.98. The Labute approximate surface area is 175 Å². The van der Waals surface area contributed by atoms with E-state index in [0.29, 0.717) is 24.7 Å². The summed E-state index contributed by atoms with van der Waals surface area (Å²) in [7, 11) is 3.25. The quantitative estimate of drug-likeness (QED) is 0.613. The molecule has 0 N–H and O–H groups in total. The van der Waals surface area contributed by atoms with Gasteiger partial charge in [0.2, 0.25) is 17.6 Å². The lowest BCUT2D eigenvalue weighted by Crippen LogP contribution is -2.39. The van der Waals surface area contributed by atoms with Crippen molar-refractivity contribution in [3.05, 3.63) is 60.0 Å². The second-order valence-corrected chi connectivity index (χ2v) is 7.31. The first kappa shape index (κ1) is 19.9. The van der Waals surface area contributed by atoms with Gasteiger partial charge in [-0.15, -0.1) is 0 Å². The Morgan fingerprint density at radius 2 is 1.90 bits per heavy atom. The highest BCUT2D eigenvalue weighted by molar-refractivity contribution is 5.79. The van der Waals surface area contributed by atoms with Gasteiger partial charge in [-0.25, -0.2) is 0 Å². The van der Waals surface area contributed by atoms with Gasteiger partial charge in [-0.05, 0) is 49.1 Å². The molecule has 0 bridgehead atoms. The van der Waals surface area contributed by atoms with Gasteiger partial charge in [0.15, 0.2) is 0 Å². The molecule has 156 valence electrons. The molecule has 7 nitrogen and oxygen atoms in total. The summed E-state index contributed by atoms with van der Waals surface area (Å²) in [5, 5.41) is 4.14. The molecule has 0 aliphatic carbocycles. The van der Waals surface area contributed by atoms with Crippen molar-refractivity contribution in [2.45, 2.75) is 31.7 Å². The Bertz CT molecular complexity index is 1000. The van der Waals surface area contributed by atoms with Gasteiger partial charge >= 0.3 is 0 Å². The van der Waals surface area contributed by atoms with Crippen molar-refractivity contribution in [1.82, 2.24) is 15.0 Å². The molecule has 0 spiro atoms. The van der Waals surface area contributed by atoms with Crippen LogP contribution in [-0.4, -0.2) is 41.7 Å². The summed E-state index contributed by atoms with van der Waals surface area (Å²) in [6.45, 7) is 0.691. The highest BCUT2D eigenvalue weighted by Crippen LogP contribution is 2.32. The number of carbonyl (C=O) groups excluding carboxylic acids is 1. The highest BCUT2D eigenvalue weighted by Gasteiger charge is 2.32. The summed E-state index contributed by atoms with van der Waals surface area (Å²) >= 11 is 0. The van der Waals surface area contributed by atoms with Crippen LogP contribution < -0.4 is 9.47 Å². The lowest BCUT2D eigenvalue weighted by molar-refractivity contribution is -0.135. The Morgan fingerprint density at radius 3 is 2.67 bits per heavy atom. The van der Waals surface area contributed by atoms with Crippen molar-refractivity contribution in [3.63, 3.8) is 0 Å². The van der Waals surface area contributed by atoms with Crippen LogP contribution in [0.15, 0.2) is 53.1 Å². The van der Waals surface area contributed by atoms with E-state index >= 15 is 0 Å². The monoisotopic (exact) mass is 407 g/mol. The molecule has 0 radical (unpaired) electrons. The molecule has 1 atom stereocenters. The van der Waals surface area contributed by atoms with E-state index in [2.05, 4.69) is 10.1 Å². The molecule has 1 fully saturated rings. The van der Waals surface area contributed by atoms with E-state index in [4.69, 9.17) is 14.0 Å². The van der Waals surface area contributed by atoms with Crippen molar-refractivity contribution in [1.29, 1.82) is 0 Å². The Hall–Kier alpha value is -3.35. The minimum atomic E-state index is -0.198. The van der Waals surface area contributed by atoms with Gasteiger partial charge < -0.3 is 18.9 Å². The number of rotatable bonds is 6. The number of hydrogen-bond acceptors (Lipinski definition) is 6. The summed E-state index contributed by atoms with van der Waals surface area (Å²) in [6.07, 6.45) is 3.14.